The number of aliphatic hydroxyl groups excluding tert-OH is 13. The summed E-state index contributed by atoms with van der Waals surface area (Å²) in [4.78, 5) is 0. The van der Waals surface area contributed by atoms with Gasteiger partial charge in [-0.25, -0.2) is 0 Å². The molecule has 0 bridgehead atoms. The maximum atomic E-state index is 12.1. The predicted molar refractivity (Wildman–Crippen MR) is 250 cm³/mol. The van der Waals surface area contributed by atoms with Crippen molar-refractivity contribution < 1.29 is 114 Å². The van der Waals surface area contributed by atoms with E-state index in [9.17, 15) is 71.5 Å². The Morgan fingerprint density at radius 2 is 1.20 bits per heavy atom. The molecule has 4 aliphatic carbocycles. The highest BCUT2D eigenvalue weighted by Crippen LogP contribution is 2.70. The Bertz CT molecular complexity index is 1920. The Labute approximate surface area is 430 Å². The minimum Gasteiger partial charge on any atom is -0.394 e. The highest BCUT2D eigenvalue weighted by molar-refractivity contribution is 5.26. The van der Waals surface area contributed by atoms with E-state index in [0.717, 1.165) is 32.1 Å². The van der Waals surface area contributed by atoms with Gasteiger partial charge < -0.3 is 114 Å². The van der Waals surface area contributed by atoms with Crippen molar-refractivity contribution in [2.24, 2.45) is 46.3 Å². The third-order valence-electron chi connectivity index (χ3n) is 19.5. The van der Waals surface area contributed by atoms with Gasteiger partial charge >= 0.3 is 0 Å². The number of ether oxygens (including phenoxy) is 9. The summed E-state index contributed by atoms with van der Waals surface area (Å²) in [6.07, 6.45) is -22.5. The lowest BCUT2D eigenvalue weighted by Crippen LogP contribution is -2.67. The van der Waals surface area contributed by atoms with Gasteiger partial charge in [-0.2, -0.15) is 0 Å². The maximum absolute atomic E-state index is 12.1. The van der Waals surface area contributed by atoms with Gasteiger partial charge in [0.15, 0.2) is 30.9 Å². The summed E-state index contributed by atoms with van der Waals surface area (Å²) in [5, 5.41) is 149. The molecule has 31 atom stereocenters. The molecule has 426 valence electrons. The second-order valence-electron chi connectivity index (χ2n) is 23.8. The normalized spacial score (nSPS) is 54.9. The minimum absolute atomic E-state index is 0.0769. The molecule has 14 N–H and O–H groups in total. The maximum Gasteiger partial charge on any atom is 0.187 e. The smallest absolute Gasteiger partial charge is 0.187 e. The molecule has 9 aliphatic rings. The van der Waals surface area contributed by atoms with Gasteiger partial charge in [-0.15, -0.1) is 0 Å². The second kappa shape index (κ2) is 22.4. The van der Waals surface area contributed by atoms with Crippen LogP contribution in [0.3, 0.4) is 0 Å². The highest BCUT2D eigenvalue weighted by Gasteiger charge is 2.68. The lowest BCUT2D eigenvalue weighted by Gasteiger charge is -2.58. The van der Waals surface area contributed by atoms with E-state index in [1.165, 1.54) is 12.5 Å². The summed E-state index contributed by atoms with van der Waals surface area (Å²) >= 11 is 0. The van der Waals surface area contributed by atoms with Crippen LogP contribution >= 0.6 is 0 Å². The molecule has 23 heteroatoms. The van der Waals surface area contributed by atoms with Crippen molar-refractivity contribution in [3.63, 3.8) is 0 Å². The van der Waals surface area contributed by atoms with Crippen molar-refractivity contribution >= 4 is 0 Å². The Hall–Kier alpha value is -1.18. The van der Waals surface area contributed by atoms with Crippen LogP contribution in [0.5, 0.6) is 0 Å². The molecule has 6 unspecified atom stereocenters. The molecule has 74 heavy (non-hydrogen) atoms. The molecule has 5 saturated heterocycles. The topological polar surface area (TPSA) is 366 Å². The standard InChI is InChI=1S/C51H84O23/c1-20(19-66-45-40(62)38(60)34(56)29(16-52)69-45)8-13-51(65)21(2)32-28(74-51)15-27-25-7-6-23-14-24(9-11-49(23,4)26(25)10-12-50(27,32)5)68-48-44(73-46-41(63)37(59)33(55)22(3)67-46)43(36(58)31(18-54)71-48)72-47-42(64)39(61)35(57)30(17-53)70-47/h6,20-22,24-48,52-65H,7-19H2,1-5H3/t20-,21+,22+,24+,25?,26?,27?,28?,29-,30-,31-,32?,33+,34-,35-,36-,37-,38+,39+,40-,41-,42-,43+,44-,45-,46+,47+,48-,49+,50+,51?/m1/s1. The van der Waals surface area contributed by atoms with E-state index >= 15 is 0 Å². The fourth-order valence-electron chi connectivity index (χ4n) is 15.0. The molecular formula is C51H84O23. The molecule has 0 aromatic rings. The first-order chi connectivity index (χ1) is 35.0. The summed E-state index contributed by atoms with van der Waals surface area (Å²) in [6, 6.07) is 0. The first-order valence-electron chi connectivity index (χ1n) is 26.9. The van der Waals surface area contributed by atoms with Crippen LogP contribution in [0.25, 0.3) is 0 Å². The summed E-state index contributed by atoms with van der Waals surface area (Å²) in [5.41, 5.74) is 0.989. The Morgan fingerprint density at radius 1 is 0.635 bits per heavy atom. The van der Waals surface area contributed by atoms with Crippen LogP contribution in [0.4, 0.5) is 0 Å². The predicted octanol–water partition coefficient (Wildman–Crippen LogP) is -3.01. The largest absolute Gasteiger partial charge is 0.394 e. The third-order valence-corrected chi connectivity index (χ3v) is 19.5. The van der Waals surface area contributed by atoms with Gasteiger partial charge in [0.2, 0.25) is 0 Å². The first-order valence-corrected chi connectivity index (χ1v) is 26.9. The van der Waals surface area contributed by atoms with Crippen molar-refractivity contribution in [1.29, 1.82) is 0 Å². The Kier molecular flexibility index (Phi) is 17.4. The van der Waals surface area contributed by atoms with E-state index in [1.54, 1.807) is 0 Å². The van der Waals surface area contributed by atoms with Crippen LogP contribution in [-0.2, 0) is 42.6 Å². The number of allylic oxidation sites excluding steroid dienone is 1. The van der Waals surface area contributed by atoms with E-state index in [2.05, 4.69) is 26.8 Å². The average molecular weight is 1070 g/mol. The lowest BCUT2D eigenvalue weighted by atomic mass is 9.47. The van der Waals surface area contributed by atoms with Crippen LogP contribution < -0.4 is 0 Å². The zero-order valence-electron chi connectivity index (χ0n) is 42.9. The van der Waals surface area contributed by atoms with Gasteiger partial charge in [0.25, 0.3) is 0 Å². The van der Waals surface area contributed by atoms with E-state index in [-0.39, 0.29) is 41.3 Å². The summed E-state index contributed by atoms with van der Waals surface area (Å²) in [6.45, 7) is 8.33. The number of fused-ring (bicyclic) bond motifs is 7. The number of hydrogen-bond donors (Lipinski definition) is 14. The SMILES string of the molecule is C[C@H](CCC1(O)OC2CC3C4CC=C5C[C@@H](O[C@@H]6O[C@H](CO)[C@@H](O)[C@H](O[C@@H]7O[C@H](CO)[C@@H](O)[C@H](O)[C@H]7O)[C@H]6O[C@@H]6O[C@@H](C)[C@H](O)[C@@H](O)[C@H]6O)CC[C@]5(C)C4CC[C@]3(C)C2[C@@H]1C)CO[C@@H]1O[C@H](CO)[C@@H](O)[C@H](O)[C@H]1O. The molecule has 0 spiro atoms. The molecular weight excluding hydrogens is 981 g/mol. The zero-order chi connectivity index (χ0) is 53.5. The molecule has 23 nitrogen and oxygen atoms in total. The number of aliphatic hydroxyl groups is 14. The van der Waals surface area contributed by atoms with Crippen LogP contribution in [-0.4, -0.2) is 239 Å². The lowest BCUT2D eigenvalue weighted by molar-refractivity contribution is -0.394. The molecule has 0 radical (unpaired) electrons. The summed E-state index contributed by atoms with van der Waals surface area (Å²) < 4.78 is 54.7. The average Bonchev–Trinajstić information content (AvgIpc) is 3.82. The van der Waals surface area contributed by atoms with E-state index in [1.807, 2.05) is 6.92 Å². The van der Waals surface area contributed by atoms with Crippen molar-refractivity contribution in [3.05, 3.63) is 11.6 Å². The molecule has 9 rings (SSSR count). The van der Waals surface area contributed by atoms with E-state index in [0.29, 0.717) is 43.4 Å². The molecule has 3 saturated carbocycles. The second-order valence-corrected chi connectivity index (χ2v) is 23.8. The van der Waals surface area contributed by atoms with Crippen molar-refractivity contribution in [2.45, 2.75) is 233 Å². The van der Waals surface area contributed by atoms with Crippen molar-refractivity contribution in [1.82, 2.24) is 0 Å². The van der Waals surface area contributed by atoms with E-state index in [4.69, 9.17) is 42.6 Å². The number of hydrogen-bond acceptors (Lipinski definition) is 23. The zero-order valence-corrected chi connectivity index (χ0v) is 42.9. The third kappa shape index (κ3) is 10.2. The number of rotatable bonds is 15. The molecule has 0 aromatic carbocycles. The van der Waals surface area contributed by atoms with Gasteiger partial charge in [-0.1, -0.05) is 39.3 Å². The monoisotopic (exact) mass is 1060 g/mol. The fourth-order valence-corrected chi connectivity index (χ4v) is 15.0. The van der Waals surface area contributed by atoms with Gasteiger partial charge in [0, 0.05) is 12.3 Å². The van der Waals surface area contributed by atoms with E-state index < -0.39 is 155 Å². The van der Waals surface area contributed by atoms with Crippen molar-refractivity contribution in [3.8, 4) is 0 Å². The Balaban J connectivity index is 0.864. The van der Waals surface area contributed by atoms with Gasteiger partial charge in [0.1, 0.15) is 91.6 Å². The van der Waals surface area contributed by atoms with Crippen LogP contribution in [0, 0.1) is 46.3 Å². The van der Waals surface area contributed by atoms with Crippen LogP contribution in [0.1, 0.15) is 92.4 Å². The first kappa shape index (κ1) is 57.5. The van der Waals surface area contributed by atoms with Gasteiger partial charge in [-0.3, -0.25) is 0 Å². The molecule has 5 heterocycles. The molecule has 0 amide bonds. The minimum atomic E-state index is -1.88. The highest BCUT2D eigenvalue weighted by atomic mass is 16.8. The molecule has 8 fully saturated rings. The quantitative estimate of drug-likeness (QED) is 0.0727. The summed E-state index contributed by atoms with van der Waals surface area (Å²) in [7, 11) is 0. The van der Waals surface area contributed by atoms with Gasteiger partial charge in [0.05, 0.1) is 44.7 Å². The Morgan fingerprint density at radius 3 is 1.85 bits per heavy atom. The summed E-state index contributed by atoms with van der Waals surface area (Å²) in [5.74, 6) is -0.351. The van der Waals surface area contributed by atoms with Crippen LogP contribution in [0.2, 0.25) is 0 Å². The molecule has 0 aromatic heterocycles. The molecule has 5 aliphatic heterocycles. The fraction of sp³-hybridized carbons (Fsp3) is 0.961. The van der Waals surface area contributed by atoms with Crippen molar-refractivity contribution in [2.75, 3.05) is 26.4 Å². The van der Waals surface area contributed by atoms with Crippen LogP contribution in [0.15, 0.2) is 11.6 Å². The van der Waals surface area contributed by atoms with Gasteiger partial charge in [-0.05, 0) is 98.7 Å².